The molecule has 3 aliphatic rings. The summed E-state index contributed by atoms with van der Waals surface area (Å²) in [5.74, 6) is 1.80. The highest BCUT2D eigenvalue weighted by molar-refractivity contribution is 5.82. The Bertz CT molecular complexity index is 936. The van der Waals surface area contributed by atoms with Gasteiger partial charge in [-0.25, -0.2) is 4.98 Å². The lowest BCUT2D eigenvalue weighted by Crippen LogP contribution is -2.52. The van der Waals surface area contributed by atoms with E-state index in [0.29, 0.717) is 11.8 Å². The number of carbonyl (C=O) groups excluding carboxylic acids is 1. The first-order chi connectivity index (χ1) is 16.1. The highest BCUT2D eigenvalue weighted by atomic mass is 16.5. The Morgan fingerprint density at radius 3 is 2.52 bits per heavy atom. The van der Waals surface area contributed by atoms with Crippen LogP contribution in [0.3, 0.4) is 0 Å². The van der Waals surface area contributed by atoms with Gasteiger partial charge < -0.3 is 14.5 Å². The van der Waals surface area contributed by atoms with E-state index < -0.39 is 0 Å². The Balaban J connectivity index is 1.22. The van der Waals surface area contributed by atoms with Crippen molar-refractivity contribution in [2.24, 2.45) is 5.41 Å². The Morgan fingerprint density at radius 2 is 1.76 bits per heavy atom. The van der Waals surface area contributed by atoms with Crippen LogP contribution >= 0.6 is 0 Å². The summed E-state index contributed by atoms with van der Waals surface area (Å²) in [4.78, 5) is 27.5. The largest absolute Gasteiger partial charge is 0.437 e. The predicted octanol–water partition coefficient (Wildman–Crippen LogP) is 5.02. The summed E-state index contributed by atoms with van der Waals surface area (Å²) >= 11 is 0. The van der Waals surface area contributed by atoms with Gasteiger partial charge >= 0.3 is 0 Å². The van der Waals surface area contributed by atoms with Gasteiger partial charge in [0.2, 0.25) is 11.8 Å². The van der Waals surface area contributed by atoms with E-state index in [0.717, 1.165) is 69.3 Å². The minimum Gasteiger partial charge on any atom is -0.437 e. The van der Waals surface area contributed by atoms with Gasteiger partial charge in [0.05, 0.1) is 11.9 Å². The van der Waals surface area contributed by atoms with Crippen molar-refractivity contribution in [3.63, 3.8) is 0 Å². The van der Waals surface area contributed by atoms with Crippen LogP contribution in [0.5, 0.6) is 11.6 Å². The molecule has 176 valence electrons. The number of rotatable bonds is 5. The molecule has 2 aliphatic heterocycles. The molecule has 1 amide bonds. The van der Waals surface area contributed by atoms with Crippen LogP contribution in [-0.2, 0) is 4.79 Å². The van der Waals surface area contributed by atoms with E-state index in [1.165, 1.54) is 25.7 Å². The lowest BCUT2D eigenvalue weighted by Gasteiger charge is -2.44. The molecule has 0 radical (unpaired) electrons. The van der Waals surface area contributed by atoms with E-state index in [-0.39, 0.29) is 11.3 Å². The molecule has 2 aromatic rings. The normalized spacial score (nSPS) is 24.0. The Labute approximate surface area is 197 Å². The first-order valence-corrected chi connectivity index (χ1v) is 12.7. The third-order valence-corrected chi connectivity index (χ3v) is 7.98. The third kappa shape index (κ3) is 5.06. The van der Waals surface area contributed by atoms with Gasteiger partial charge in [0.15, 0.2) is 0 Å². The zero-order chi connectivity index (χ0) is 22.7. The van der Waals surface area contributed by atoms with Crippen LogP contribution in [0.2, 0.25) is 0 Å². The number of nitrogens with zero attached hydrogens (tertiary/aromatic N) is 4. The molecule has 0 spiro atoms. The standard InChI is InChI=1S/C27H36N4O2/c1-27(13-16-30(17-14-27)22-9-5-6-10-22)26(32)31-15-7-8-21(20-31)24-18-28-19-25(29-24)33-23-11-3-2-4-12-23/h2-4,11-12,18-19,21-22H,5-10,13-17,20H2,1H3/t21-/m1/s1. The Hall–Kier alpha value is -2.47. The molecule has 0 N–H and O–H groups in total. The molecule has 1 atom stereocenters. The molecular formula is C27H36N4O2. The minimum atomic E-state index is -0.235. The van der Waals surface area contributed by atoms with Crippen molar-refractivity contribution in [2.75, 3.05) is 26.2 Å². The SMILES string of the molecule is CC1(C(=O)N2CCC[C@@H](c3cncc(Oc4ccccc4)n3)C2)CCN(C2CCCC2)CC1. The lowest BCUT2D eigenvalue weighted by molar-refractivity contribution is -0.145. The monoisotopic (exact) mass is 448 g/mol. The summed E-state index contributed by atoms with van der Waals surface area (Å²) < 4.78 is 5.89. The van der Waals surface area contributed by atoms with Crippen LogP contribution in [0.1, 0.15) is 69.9 Å². The number of amides is 1. The Morgan fingerprint density at radius 1 is 1.00 bits per heavy atom. The maximum Gasteiger partial charge on any atom is 0.238 e. The van der Waals surface area contributed by atoms with E-state index in [9.17, 15) is 4.79 Å². The fourth-order valence-electron chi connectivity index (χ4n) is 5.87. The van der Waals surface area contributed by atoms with Crippen molar-refractivity contribution in [3.05, 3.63) is 48.4 Å². The van der Waals surface area contributed by atoms with Crippen molar-refractivity contribution in [3.8, 4) is 11.6 Å². The third-order valence-electron chi connectivity index (χ3n) is 7.98. The van der Waals surface area contributed by atoms with Crippen molar-refractivity contribution in [1.29, 1.82) is 0 Å². The second-order valence-electron chi connectivity index (χ2n) is 10.3. The van der Waals surface area contributed by atoms with Gasteiger partial charge in [0.1, 0.15) is 5.75 Å². The number of hydrogen-bond donors (Lipinski definition) is 0. The van der Waals surface area contributed by atoms with Gasteiger partial charge in [-0.3, -0.25) is 9.78 Å². The van der Waals surface area contributed by atoms with E-state index >= 15 is 0 Å². The maximum absolute atomic E-state index is 13.6. The molecule has 2 saturated heterocycles. The topological polar surface area (TPSA) is 58.6 Å². The lowest BCUT2D eigenvalue weighted by atomic mass is 9.78. The first kappa shape index (κ1) is 22.3. The molecule has 1 saturated carbocycles. The van der Waals surface area contributed by atoms with Crippen LogP contribution in [0.25, 0.3) is 0 Å². The number of aromatic nitrogens is 2. The summed E-state index contributed by atoms with van der Waals surface area (Å²) in [6.45, 7) is 5.90. The zero-order valence-corrected chi connectivity index (χ0v) is 19.8. The van der Waals surface area contributed by atoms with Crippen molar-refractivity contribution in [1.82, 2.24) is 19.8 Å². The second kappa shape index (κ2) is 9.80. The number of hydrogen-bond acceptors (Lipinski definition) is 5. The number of likely N-dealkylation sites (tertiary alicyclic amines) is 2. The number of piperidine rings is 2. The van der Waals surface area contributed by atoms with Gasteiger partial charge in [-0.2, -0.15) is 0 Å². The Kier molecular flexibility index (Phi) is 6.63. The number of para-hydroxylation sites is 1. The fraction of sp³-hybridized carbons (Fsp3) is 0.593. The summed E-state index contributed by atoms with van der Waals surface area (Å²) in [6.07, 6.45) is 12.9. The number of benzene rings is 1. The molecule has 6 heteroatoms. The van der Waals surface area contributed by atoms with Gasteiger partial charge in [0, 0.05) is 36.7 Å². The summed E-state index contributed by atoms with van der Waals surface area (Å²) in [7, 11) is 0. The van der Waals surface area contributed by atoms with Crippen LogP contribution in [0, 0.1) is 5.41 Å². The average Bonchev–Trinajstić information content (AvgIpc) is 3.40. The van der Waals surface area contributed by atoms with Crippen molar-refractivity contribution < 1.29 is 9.53 Å². The van der Waals surface area contributed by atoms with E-state index in [2.05, 4.69) is 21.7 Å². The van der Waals surface area contributed by atoms with Crippen LogP contribution in [-0.4, -0.2) is 57.9 Å². The summed E-state index contributed by atoms with van der Waals surface area (Å²) in [6, 6.07) is 10.4. The molecule has 5 rings (SSSR count). The molecule has 3 heterocycles. The molecule has 0 unspecified atom stereocenters. The summed E-state index contributed by atoms with van der Waals surface area (Å²) in [5.41, 5.74) is 0.683. The van der Waals surface area contributed by atoms with E-state index in [1.807, 2.05) is 36.5 Å². The molecule has 3 fully saturated rings. The van der Waals surface area contributed by atoms with Crippen LogP contribution in [0.15, 0.2) is 42.7 Å². The zero-order valence-electron chi connectivity index (χ0n) is 19.8. The molecule has 1 aliphatic carbocycles. The molecule has 6 nitrogen and oxygen atoms in total. The maximum atomic E-state index is 13.6. The fourth-order valence-corrected chi connectivity index (χ4v) is 5.87. The average molecular weight is 449 g/mol. The van der Waals surface area contributed by atoms with Crippen molar-refractivity contribution in [2.45, 2.75) is 70.3 Å². The number of ether oxygens (including phenoxy) is 1. The molecule has 1 aromatic carbocycles. The van der Waals surface area contributed by atoms with Crippen LogP contribution < -0.4 is 4.74 Å². The first-order valence-electron chi connectivity index (χ1n) is 12.7. The van der Waals surface area contributed by atoms with Gasteiger partial charge in [-0.05, 0) is 63.7 Å². The predicted molar refractivity (Wildman–Crippen MR) is 128 cm³/mol. The molecule has 1 aromatic heterocycles. The highest BCUT2D eigenvalue weighted by Gasteiger charge is 2.42. The van der Waals surface area contributed by atoms with E-state index in [1.54, 1.807) is 6.20 Å². The van der Waals surface area contributed by atoms with Gasteiger partial charge in [-0.1, -0.05) is 38.0 Å². The second-order valence-corrected chi connectivity index (χ2v) is 10.3. The molecule has 0 bridgehead atoms. The molecule has 33 heavy (non-hydrogen) atoms. The summed E-state index contributed by atoms with van der Waals surface area (Å²) in [5, 5.41) is 0. The van der Waals surface area contributed by atoms with Gasteiger partial charge in [-0.15, -0.1) is 0 Å². The molecular weight excluding hydrogens is 412 g/mol. The highest BCUT2D eigenvalue weighted by Crippen LogP contribution is 2.38. The van der Waals surface area contributed by atoms with Crippen molar-refractivity contribution >= 4 is 5.91 Å². The minimum absolute atomic E-state index is 0.205. The van der Waals surface area contributed by atoms with Crippen LogP contribution in [0.4, 0.5) is 0 Å². The number of carbonyl (C=O) groups is 1. The smallest absolute Gasteiger partial charge is 0.238 e. The van der Waals surface area contributed by atoms with Gasteiger partial charge in [0.25, 0.3) is 0 Å². The quantitative estimate of drug-likeness (QED) is 0.643. The van der Waals surface area contributed by atoms with E-state index in [4.69, 9.17) is 9.72 Å².